The van der Waals surface area contributed by atoms with Crippen LogP contribution in [-0.2, 0) is 16.6 Å². The van der Waals surface area contributed by atoms with Crippen molar-refractivity contribution in [3.05, 3.63) is 88.8 Å². The third-order valence-corrected chi connectivity index (χ3v) is 5.44. The van der Waals surface area contributed by atoms with Gasteiger partial charge >= 0.3 is 0 Å². The van der Waals surface area contributed by atoms with Crippen molar-refractivity contribution in [1.29, 1.82) is 0 Å². The lowest BCUT2D eigenvalue weighted by molar-refractivity contribution is 0.392. The fraction of sp³-hybridized carbons (Fsp3) is 0.211. The minimum Gasteiger partial charge on any atom is -0.361 e. The molecule has 3 rings (SSSR count). The van der Waals surface area contributed by atoms with Crippen LogP contribution in [-0.4, -0.2) is 9.37 Å². The summed E-state index contributed by atoms with van der Waals surface area (Å²) in [6.45, 7) is 3.90. The lowest BCUT2D eigenvalue weighted by atomic mass is 10.0. The molecule has 0 saturated heterocycles. The normalized spacial score (nSPS) is 13.7. The minimum atomic E-state index is -1.13. The molecule has 0 aliphatic carbocycles. The van der Waals surface area contributed by atoms with Gasteiger partial charge in [-0.25, -0.2) is 0 Å². The molecule has 0 aliphatic rings. The van der Waals surface area contributed by atoms with Gasteiger partial charge in [0.25, 0.3) is 0 Å². The molecule has 23 heavy (non-hydrogen) atoms. The summed E-state index contributed by atoms with van der Waals surface area (Å²) in [7, 11) is -1.13. The first-order valence-electron chi connectivity index (χ1n) is 7.55. The third-order valence-electron chi connectivity index (χ3n) is 3.80. The van der Waals surface area contributed by atoms with E-state index in [-0.39, 0.29) is 5.25 Å². The summed E-state index contributed by atoms with van der Waals surface area (Å²) >= 11 is 0. The average molecular weight is 325 g/mol. The van der Waals surface area contributed by atoms with Gasteiger partial charge in [-0.1, -0.05) is 59.8 Å². The van der Waals surface area contributed by atoms with Crippen molar-refractivity contribution in [1.82, 2.24) is 5.16 Å². The van der Waals surface area contributed by atoms with Crippen molar-refractivity contribution in [2.24, 2.45) is 0 Å². The average Bonchev–Trinajstić information content (AvgIpc) is 2.95. The van der Waals surface area contributed by atoms with Crippen LogP contribution in [0.4, 0.5) is 0 Å². The first-order valence-corrected chi connectivity index (χ1v) is 8.93. The summed E-state index contributed by atoms with van der Waals surface area (Å²) in [6, 6.07) is 20.0. The van der Waals surface area contributed by atoms with E-state index in [0.29, 0.717) is 5.75 Å². The zero-order chi connectivity index (χ0) is 16.2. The summed E-state index contributed by atoms with van der Waals surface area (Å²) in [4.78, 5) is 0. The second-order valence-electron chi connectivity index (χ2n) is 5.60. The third kappa shape index (κ3) is 3.59. The molecule has 1 heterocycles. The van der Waals surface area contributed by atoms with Gasteiger partial charge in [0, 0.05) is 16.9 Å². The highest BCUT2D eigenvalue weighted by Crippen LogP contribution is 2.31. The van der Waals surface area contributed by atoms with E-state index < -0.39 is 10.8 Å². The Morgan fingerprint density at radius 1 is 1.04 bits per heavy atom. The van der Waals surface area contributed by atoms with Crippen molar-refractivity contribution in [3.8, 4) is 0 Å². The number of hydrogen-bond acceptors (Lipinski definition) is 3. The lowest BCUT2D eigenvalue weighted by Gasteiger charge is -2.19. The monoisotopic (exact) mass is 325 g/mol. The van der Waals surface area contributed by atoms with Crippen LogP contribution >= 0.6 is 0 Å². The van der Waals surface area contributed by atoms with E-state index in [1.54, 1.807) is 0 Å². The molecule has 0 aliphatic heterocycles. The van der Waals surface area contributed by atoms with Gasteiger partial charge in [0.05, 0.1) is 16.7 Å². The fourth-order valence-electron chi connectivity index (χ4n) is 2.70. The van der Waals surface area contributed by atoms with E-state index in [1.165, 1.54) is 0 Å². The van der Waals surface area contributed by atoms with E-state index in [2.05, 4.69) is 24.2 Å². The molecule has 0 amide bonds. The van der Waals surface area contributed by atoms with Crippen LogP contribution in [0.15, 0.2) is 65.2 Å². The summed E-state index contributed by atoms with van der Waals surface area (Å²) in [5.41, 5.74) is 4.03. The zero-order valence-corrected chi connectivity index (χ0v) is 14.0. The lowest BCUT2D eigenvalue weighted by Crippen LogP contribution is -2.12. The molecule has 2 unspecified atom stereocenters. The molecule has 0 N–H and O–H groups in total. The van der Waals surface area contributed by atoms with Crippen LogP contribution in [0, 0.1) is 13.8 Å². The van der Waals surface area contributed by atoms with Gasteiger partial charge in [-0.05, 0) is 30.5 Å². The molecule has 1 aromatic heterocycles. The van der Waals surface area contributed by atoms with Crippen LogP contribution in [0.2, 0.25) is 0 Å². The molecule has 0 radical (unpaired) electrons. The van der Waals surface area contributed by atoms with E-state index >= 15 is 0 Å². The number of aromatic nitrogens is 1. The molecule has 4 heteroatoms. The van der Waals surface area contributed by atoms with Crippen molar-refractivity contribution < 1.29 is 8.73 Å². The van der Waals surface area contributed by atoms with Gasteiger partial charge in [0.1, 0.15) is 5.76 Å². The molecule has 0 bridgehead atoms. The molecule has 0 saturated carbocycles. The molecular formula is C19H19NO2S. The highest BCUT2D eigenvalue weighted by atomic mass is 32.2. The van der Waals surface area contributed by atoms with Crippen LogP contribution in [0.25, 0.3) is 0 Å². The summed E-state index contributed by atoms with van der Waals surface area (Å²) in [5, 5.41) is 3.81. The summed E-state index contributed by atoms with van der Waals surface area (Å²) in [5.74, 6) is 1.12. The highest BCUT2D eigenvalue weighted by molar-refractivity contribution is 7.84. The van der Waals surface area contributed by atoms with E-state index in [1.807, 2.05) is 55.5 Å². The van der Waals surface area contributed by atoms with Gasteiger partial charge in [-0.2, -0.15) is 0 Å². The standard InChI is InChI=1S/C19H19NO2S/c1-14-8-6-7-11-18(14)19(16-9-4-3-5-10-16)23(21)13-17-12-15(2)22-20-17/h3-12,19H,13H2,1-2H3. The summed E-state index contributed by atoms with van der Waals surface area (Å²) < 4.78 is 18.2. The Morgan fingerprint density at radius 3 is 2.39 bits per heavy atom. The quantitative estimate of drug-likeness (QED) is 0.701. The Hall–Kier alpha value is -2.20. The largest absolute Gasteiger partial charge is 0.361 e. The second-order valence-corrected chi connectivity index (χ2v) is 7.12. The fourth-order valence-corrected chi connectivity index (χ4v) is 4.30. The Bertz CT molecular complexity index is 811. The van der Waals surface area contributed by atoms with E-state index in [9.17, 15) is 4.21 Å². The van der Waals surface area contributed by atoms with Gasteiger partial charge in [-0.15, -0.1) is 0 Å². The Morgan fingerprint density at radius 2 is 1.74 bits per heavy atom. The molecular weight excluding hydrogens is 306 g/mol. The molecule has 0 spiro atoms. The molecule has 2 atom stereocenters. The van der Waals surface area contributed by atoms with Gasteiger partial charge in [-0.3, -0.25) is 4.21 Å². The molecule has 2 aromatic carbocycles. The van der Waals surface area contributed by atoms with Crippen molar-refractivity contribution in [3.63, 3.8) is 0 Å². The van der Waals surface area contributed by atoms with E-state index in [4.69, 9.17) is 4.52 Å². The predicted octanol–water partition coefficient (Wildman–Crippen LogP) is 4.33. The number of rotatable bonds is 5. The SMILES string of the molecule is Cc1cc(CS(=O)C(c2ccccc2)c2ccccc2C)no1. The Kier molecular flexibility index (Phi) is 4.72. The van der Waals surface area contributed by atoms with Crippen molar-refractivity contribution in [2.75, 3.05) is 0 Å². The Labute approximate surface area is 138 Å². The van der Waals surface area contributed by atoms with Crippen LogP contribution < -0.4 is 0 Å². The number of hydrogen-bond donors (Lipinski definition) is 0. The van der Waals surface area contributed by atoms with Gasteiger partial charge in [0.15, 0.2) is 0 Å². The number of benzene rings is 2. The van der Waals surface area contributed by atoms with E-state index in [0.717, 1.165) is 28.1 Å². The van der Waals surface area contributed by atoms with Gasteiger partial charge < -0.3 is 4.52 Å². The first-order chi connectivity index (χ1) is 11.1. The molecule has 3 nitrogen and oxygen atoms in total. The number of nitrogens with zero attached hydrogens (tertiary/aromatic N) is 1. The van der Waals surface area contributed by atoms with Crippen molar-refractivity contribution in [2.45, 2.75) is 24.9 Å². The maximum atomic E-state index is 13.1. The smallest absolute Gasteiger partial charge is 0.133 e. The second kappa shape index (κ2) is 6.92. The van der Waals surface area contributed by atoms with Crippen molar-refractivity contribution >= 4 is 10.8 Å². The van der Waals surface area contributed by atoms with Crippen LogP contribution in [0.1, 0.15) is 33.4 Å². The maximum Gasteiger partial charge on any atom is 0.133 e. The highest BCUT2D eigenvalue weighted by Gasteiger charge is 2.23. The molecule has 3 aromatic rings. The van der Waals surface area contributed by atoms with Gasteiger partial charge in [0.2, 0.25) is 0 Å². The molecule has 0 fully saturated rings. The van der Waals surface area contributed by atoms with Crippen LogP contribution in [0.5, 0.6) is 0 Å². The maximum absolute atomic E-state index is 13.1. The molecule has 118 valence electrons. The predicted molar refractivity (Wildman–Crippen MR) is 92.6 cm³/mol. The summed E-state index contributed by atoms with van der Waals surface area (Å²) in [6.07, 6.45) is 0. The van der Waals surface area contributed by atoms with Crippen LogP contribution in [0.3, 0.4) is 0 Å². The first kappa shape index (κ1) is 15.7. The minimum absolute atomic E-state index is 0.172. The Balaban J connectivity index is 1.98. The zero-order valence-electron chi connectivity index (χ0n) is 13.2. The number of aryl methyl sites for hydroxylation is 2. The topological polar surface area (TPSA) is 43.1 Å².